The normalized spacial score (nSPS) is 34.8. The molecule has 1 heteroatoms. The first-order chi connectivity index (χ1) is 9.26. The lowest BCUT2D eigenvalue weighted by molar-refractivity contribution is 0.116. The van der Waals surface area contributed by atoms with Crippen LogP contribution in [0, 0.1) is 23.6 Å². The molecule has 0 N–H and O–H groups in total. The van der Waals surface area contributed by atoms with E-state index in [-0.39, 0.29) is 5.82 Å². The van der Waals surface area contributed by atoms with E-state index in [1.807, 2.05) is 6.07 Å². The molecule has 0 saturated heterocycles. The molecule has 4 atom stereocenters. The number of hydrogen-bond acceptors (Lipinski definition) is 0. The van der Waals surface area contributed by atoms with Crippen molar-refractivity contribution in [2.75, 3.05) is 0 Å². The van der Waals surface area contributed by atoms with E-state index in [9.17, 15) is 4.39 Å². The summed E-state index contributed by atoms with van der Waals surface area (Å²) < 4.78 is 13.4. The maximum atomic E-state index is 13.4. The standard InChI is InChI=1S/C18H25F/c1-2-13-6-7-16-11-17(9-8-15(16)10-13)14-4-3-5-18(19)12-14/h3-5,12-13,15-17H,2,6-11H2,1H3/t13?,15-,16-,17-/m1/s1. The predicted molar refractivity (Wildman–Crippen MR) is 77.6 cm³/mol. The first-order valence-electron chi connectivity index (χ1n) is 8.01. The molecule has 0 radical (unpaired) electrons. The van der Waals surface area contributed by atoms with Gasteiger partial charge in [-0.05, 0) is 73.5 Å². The fourth-order valence-electron chi connectivity index (χ4n) is 4.42. The second kappa shape index (κ2) is 5.64. The fraction of sp³-hybridized carbons (Fsp3) is 0.667. The molecule has 0 heterocycles. The molecule has 1 unspecified atom stereocenters. The molecule has 19 heavy (non-hydrogen) atoms. The summed E-state index contributed by atoms with van der Waals surface area (Å²) >= 11 is 0. The van der Waals surface area contributed by atoms with Crippen LogP contribution in [0.5, 0.6) is 0 Å². The van der Waals surface area contributed by atoms with Gasteiger partial charge >= 0.3 is 0 Å². The van der Waals surface area contributed by atoms with Crippen LogP contribution in [0.2, 0.25) is 0 Å². The molecule has 1 aromatic rings. The van der Waals surface area contributed by atoms with Gasteiger partial charge < -0.3 is 0 Å². The van der Waals surface area contributed by atoms with Gasteiger partial charge in [-0.3, -0.25) is 0 Å². The summed E-state index contributed by atoms with van der Waals surface area (Å²) in [6, 6.07) is 7.29. The topological polar surface area (TPSA) is 0 Å². The van der Waals surface area contributed by atoms with Gasteiger partial charge in [-0.1, -0.05) is 31.9 Å². The Labute approximate surface area is 116 Å². The van der Waals surface area contributed by atoms with Crippen molar-refractivity contribution in [3.63, 3.8) is 0 Å². The van der Waals surface area contributed by atoms with E-state index in [2.05, 4.69) is 13.0 Å². The maximum Gasteiger partial charge on any atom is 0.123 e. The quantitative estimate of drug-likeness (QED) is 0.655. The maximum absolute atomic E-state index is 13.4. The zero-order valence-corrected chi connectivity index (χ0v) is 11.9. The summed E-state index contributed by atoms with van der Waals surface area (Å²) in [4.78, 5) is 0. The van der Waals surface area contributed by atoms with Crippen molar-refractivity contribution in [2.45, 2.75) is 57.8 Å². The molecule has 0 bridgehead atoms. The van der Waals surface area contributed by atoms with Gasteiger partial charge in [0.1, 0.15) is 5.82 Å². The third-order valence-corrected chi connectivity index (χ3v) is 5.62. The first kappa shape index (κ1) is 13.1. The second-order valence-corrected chi connectivity index (χ2v) is 6.67. The Morgan fingerprint density at radius 1 is 1.05 bits per heavy atom. The van der Waals surface area contributed by atoms with Crippen molar-refractivity contribution >= 4 is 0 Å². The van der Waals surface area contributed by atoms with Crippen molar-refractivity contribution in [3.05, 3.63) is 35.6 Å². The van der Waals surface area contributed by atoms with Gasteiger partial charge in [0, 0.05) is 0 Å². The Balaban J connectivity index is 1.67. The van der Waals surface area contributed by atoms with E-state index in [1.165, 1.54) is 50.5 Å². The molecule has 2 saturated carbocycles. The molecule has 2 aliphatic rings. The third kappa shape index (κ3) is 2.85. The molecular weight excluding hydrogens is 235 g/mol. The van der Waals surface area contributed by atoms with Crippen molar-refractivity contribution in [3.8, 4) is 0 Å². The molecule has 0 aromatic heterocycles. The Hall–Kier alpha value is -0.850. The average Bonchev–Trinajstić information content (AvgIpc) is 2.46. The van der Waals surface area contributed by atoms with Crippen molar-refractivity contribution in [1.82, 2.24) is 0 Å². The van der Waals surface area contributed by atoms with Gasteiger partial charge in [-0.15, -0.1) is 0 Å². The molecule has 2 aliphatic carbocycles. The van der Waals surface area contributed by atoms with Gasteiger partial charge in [0.05, 0.1) is 0 Å². The molecule has 1 aromatic carbocycles. The molecule has 0 aliphatic heterocycles. The summed E-state index contributed by atoms with van der Waals surface area (Å²) in [6.45, 7) is 2.34. The lowest BCUT2D eigenvalue weighted by Gasteiger charge is -2.42. The molecule has 104 valence electrons. The predicted octanol–water partition coefficient (Wildman–Crippen LogP) is 5.54. The Morgan fingerprint density at radius 2 is 1.84 bits per heavy atom. The molecule has 0 amide bonds. The zero-order valence-electron chi connectivity index (χ0n) is 11.9. The monoisotopic (exact) mass is 260 g/mol. The molecular formula is C18H25F. The molecule has 0 spiro atoms. The Bertz CT molecular complexity index is 425. The Morgan fingerprint density at radius 3 is 2.63 bits per heavy atom. The van der Waals surface area contributed by atoms with Crippen LogP contribution in [-0.2, 0) is 0 Å². The first-order valence-corrected chi connectivity index (χ1v) is 8.01. The van der Waals surface area contributed by atoms with Crippen LogP contribution in [0.3, 0.4) is 0 Å². The minimum absolute atomic E-state index is 0.0747. The highest BCUT2D eigenvalue weighted by molar-refractivity contribution is 5.21. The molecule has 3 rings (SSSR count). The van der Waals surface area contributed by atoms with Crippen molar-refractivity contribution < 1.29 is 4.39 Å². The van der Waals surface area contributed by atoms with Crippen LogP contribution >= 0.6 is 0 Å². The number of hydrogen-bond donors (Lipinski definition) is 0. The van der Waals surface area contributed by atoms with Gasteiger partial charge in [-0.25, -0.2) is 4.39 Å². The van der Waals surface area contributed by atoms with Crippen LogP contribution in [0.25, 0.3) is 0 Å². The smallest absolute Gasteiger partial charge is 0.123 e. The van der Waals surface area contributed by atoms with Crippen molar-refractivity contribution in [1.29, 1.82) is 0 Å². The number of fused-ring (bicyclic) bond motifs is 1. The van der Waals surface area contributed by atoms with Crippen LogP contribution < -0.4 is 0 Å². The summed E-state index contributed by atoms with van der Waals surface area (Å²) in [5.41, 5.74) is 1.23. The molecule has 2 fully saturated rings. The minimum Gasteiger partial charge on any atom is -0.207 e. The lowest BCUT2D eigenvalue weighted by atomic mass is 9.63. The number of benzene rings is 1. The highest BCUT2D eigenvalue weighted by Crippen LogP contribution is 2.48. The fourth-order valence-corrected chi connectivity index (χ4v) is 4.42. The van der Waals surface area contributed by atoms with E-state index < -0.39 is 0 Å². The van der Waals surface area contributed by atoms with Gasteiger partial charge in [0.25, 0.3) is 0 Å². The molecule has 0 nitrogen and oxygen atoms in total. The third-order valence-electron chi connectivity index (χ3n) is 5.62. The van der Waals surface area contributed by atoms with Crippen molar-refractivity contribution in [2.24, 2.45) is 17.8 Å². The van der Waals surface area contributed by atoms with Gasteiger partial charge in [0.15, 0.2) is 0 Å². The lowest BCUT2D eigenvalue weighted by Crippen LogP contribution is -2.30. The number of halogens is 1. The summed E-state index contributed by atoms with van der Waals surface area (Å²) in [5, 5.41) is 0. The van der Waals surface area contributed by atoms with E-state index in [1.54, 1.807) is 12.1 Å². The van der Waals surface area contributed by atoms with Gasteiger partial charge in [0.2, 0.25) is 0 Å². The minimum atomic E-state index is -0.0747. The average molecular weight is 260 g/mol. The summed E-state index contributed by atoms with van der Waals surface area (Å²) in [6.07, 6.45) is 9.57. The van der Waals surface area contributed by atoms with E-state index in [0.717, 1.165) is 17.8 Å². The van der Waals surface area contributed by atoms with Crippen LogP contribution in [0.4, 0.5) is 4.39 Å². The van der Waals surface area contributed by atoms with Crippen LogP contribution in [0.15, 0.2) is 24.3 Å². The van der Waals surface area contributed by atoms with E-state index >= 15 is 0 Å². The van der Waals surface area contributed by atoms with E-state index in [0.29, 0.717) is 5.92 Å². The van der Waals surface area contributed by atoms with E-state index in [4.69, 9.17) is 0 Å². The zero-order chi connectivity index (χ0) is 13.2. The Kier molecular flexibility index (Phi) is 3.91. The highest BCUT2D eigenvalue weighted by atomic mass is 19.1. The second-order valence-electron chi connectivity index (χ2n) is 6.67. The largest absolute Gasteiger partial charge is 0.207 e. The van der Waals surface area contributed by atoms with Crippen LogP contribution in [0.1, 0.15) is 63.4 Å². The van der Waals surface area contributed by atoms with Gasteiger partial charge in [-0.2, -0.15) is 0 Å². The summed E-state index contributed by atoms with van der Waals surface area (Å²) in [5.74, 6) is 3.38. The number of rotatable bonds is 2. The highest BCUT2D eigenvalue weighted by Gasteiger charge is 2.35. The summed E-state index contributed by atoms with van der Waals surface area (Å²) in [7, 11) is 0. The van der Waals surface area contributed by atoms with Crippen LogP contribution in [-0.4, -0.2) is 0 Å². The SMILES string of the molecule is CCC1CC[C@@H]2C[C@H](c3cccc(F)c3)CC[C@@H]2C1.